The van der Waals surface area contributed by atoms with E-state index in [9.17, 15) is 9.59 Å². The zero-order valence-electron chi connectivity index (χ0n) is 13.1. The Kier molecular flexibility index (Phi) is 5.71. The number of nitriles is 1. The van der Waals surface area contributed by atoms with Crippen molar-refractivity contribution in [1.29, 1.82) is 5.26 Å². The summed E-state index contributed by atoms with van der Waals surface area (Å²) in [5.74, 6) is -1.22. The van der Waals surface area contributed by atoms with Crippen LogP contribution in [0.4, 0.5) is 5.00 Å². The van der Waals surface area contributed by atoms with Gasteiger partial charge in [-0.05, 0) is 33.8 Å². The average molecular weight is 322 g/mol. The number of carbonyl (C=O) groups excluding carboxylic acids is 2. The molecule has 0 aliphatic carbocycles. The van der Waals surface area contributed by atoms with Crippen LogP contribution in [0.15, 0.2) is 17.8 Å². The van der Waals surface area contributed by atoms with Crippen molar-refractivity contribution < 1.29 is 19.1 Å². The molecular weight excluding hydrogens is 304 g/mol. The smallest absolute Gasteiger partial charge is 0.350 e. The second kappa shape index (κ2) is 7.09. The van der Waals surface area contributed by atoms with Gasteiger partial charge in [0.05, 0.1) is 12.7 Å². The molecule has 1 rings (SSSR count). The van der Waals surface area contributed by atoms with Gasteiger partial charge in [0.2, 0.25) is 0 Å². The highest BCUT2D eigenvalue weighted by Gasteiger charge is 2.20. The Morgan fingerprint density at radius 2 is 2.05 bits per heavy atom. The Morgan fingerprint density at radius 3 is 2.55 bits per heavy atom. The van der Waals surface area contributed by atoms with Gasteiger partial charge in [-0.25, -0.2) is 9.59 Å². The molecule has 1 N–H and O–H groups in total. The molecule has 0 radical (unpaired) electrons. The Bertz CT molecular complexity index is 647. The summed E-state index contributed by atoms with van der Waals surface area (Å²) >= 11 is 1.32. The Balaban J connectivity index is 2.97. The summed E-state index contributed by atoms with van der Waals surface area (Å²) < 4.78 is 9.81. The van der Waals surface area contributed by atoms with Crippen LogP contribution in [0.25, 0.3) is 0 Å². The van der Waals surface area contributed by atoms with Crippen molar-refractivity contribution in [2.45, 2.75) is 33.3 Å². The second-order valence-electron chi connectivity index (χ2n) is 5.41. The second-order valence-corrected chi connectivity index (χ2v) is 6.66. The van der Waals surface area contributed by atoms with E-state index in [1.54, 1.807) is 32.9 Å². The van der Waals surface area contributed by atoms with Crippen LogP contribution in [-0.4, -0.2) is 24.6 Å². The number of esters is 2. The predicted molar refractivity (Wildman–Crippen MR) is 83.6 cm³/mol. The van der Waals surface area contributed by atoms with Crippen LogP contribution in [0.3, 0.4) is 0 Å². The van der Waals surface area contributed by atoms with E-state index in [1.807, 2.05) is 6.92 Å². The quantitative estimate of drug-likeness (QED) is 0.521. The molecular formula is C15H18N2O4S. The molecule has 6 nitrogen and oxygen atoms in total. The Labute approximate surface area is 133 Å². The third kappa shape index (κ3) is 4.90. The van der Waals surface area contributed by atoms with Crippen molar-refractivity contribution in [3.8, 4) is 6.07 Å². The van der Waals surface area contributed by atoms with E-state index >= 15 is 0 Å². The van der Waals surface area contributed by atoms with Gasteiger partial charge >= 0.3 is 11.9 Å². The standard InChI is InChI=1S/C15H18N2O4S/c1-9-6-11(14(19)20-5)12(22-9)17-8-10(7-16)13(18)21-15(2,3)4/h6,8,17H,1-5H3. The van der Waals surface area contributed by atoms with Gasteiger partial charge in [0, 0.05) is 11.1 Å². The van der Waals surface area contributed by atoms with Crippen LogP contribution in [0.1, 0.15) is 36.0 Å². The molecule has 7 heteroatoms. The molecule has 1 aromatic heterocycles. The zero-order chi connectivity index (χ0) is 16.9. The first-order chi connectivity index (χ1) is 10.2. The average Bonchev–Trinajstić information content (AvgIpc) is 2.77. The number of nitrogens with zero attached hydrogens (tertiary/aromatic N) is 1. The third-order valence-corrected chi connectivity index (χ3v) is 3.33. The number of thiophene rings is 1. The lowest BCUT2D eigenvalue weighted by atomic mass is 10.2. The van der Waals surface area contributed by atoms with Crippen molar-refractivity contribution >= 4 is 28.3 Å². The van der Waals surface area contributed by atoms with E-state index in [1.165, 1.54) is 24.6 Å². The van der Waals surface area contributed by atoms with Crippen molar-refractivity contribution in [3.05, 3.63) is 28.3 Å². The van der Waals surface area contributed by atoms with Crippen molar-refractivity contribution in [1.82, 2.24) is 0 Å². The molecule has 0 aromatic carbocycles. The number of anilines is 1. The zero-order valence-corrected chi connectivity index (χ0v) is 14.0. The van der Waals surface area contributed by atoms with Gasteiger partial charge in [-0.1, -0.05) is 0 Å². The monoisotopic (exact) mass is 322 g/mol. The molecule has 0 bridgehead atoms. The lowest BCUT2D eigenvalue weighted by molar-refractivity contribution is -0.149. The van der Waals surface area contributed by atoms with E-state index in [0.717, 1.165) is 4.88 Å². The third-order valence-electron chi connectivity index (χ3n) is 2.35. The van der Waals surface area contributed by atoms with Gasteiger partial charge < -0.3 is 14.8 Å². The lowest BCUT2D eigenvalue weighted by Gasteiger charge is -2.18. The number of hydrogen-bond donors (Lipinski definition) is 1. The summed E-state index contributed by atoms with van der Waals surface area (Å²) in [5.41, 5.74) is -0.525. The molecule has 0 aliphatic rings. The minimum absolute atomic E-state index is 0.184. The number of nitrogens with one attached hydrogen (secondary N) is 1. The van der Waals surface area contributed by atoms with Crippen LogP contribution in [-0.2, 0) is 14.3 Å². The van der Waals surface area contributed by atoms with Gasteiger partial charge in [-0.3, -0.25) is 0 Å². The normalized spacial score (nSPS) is 11.5. The summed E-state index contributed by atoms with van der Waals surface area (Å²) in [6.45, 7) is 6.98. The number of hydrogen-bond acceptors (Lipinski definition) is 7. The topological polar surface area (TPSA) is 88.4 Å². The van der Waals surface area contributed by atoms with Gasteiger partial charge in [0.15, 0.2) is 5.57 Å². The number of rotatable bonds is 4. The SMILES string of the molecule is COC(=O)c1cc(C)sc1NC=C(C#N)C(=O)OC(C)(C)C. The fraction of sp³-hybridized carbons (Fsp3) is 0.400. The van der Waals surface area contributed by atoms with Crippen LogP contribution in [0.2, 0.25) is 0 Å². The highest BCUT2D eigenvalue weighted by atomic mass is 32.1. The maximum atomic E-state index is 11.9. The van der Waals surface area contributed by atoms with E-state index in [4.69, 9.17) is 10.00 Å². The molecule has 0 amide bonds. The largest absolute Gasteiger partial charge is 0.465 e. The summed E-state index contributed by atoms with van der Waals surface area (Å²) in [6.07, 6.45) is 1.23. The first-order valence-electron chi connectivity index (χ1n) is 6.47. The van der Waals surface area contributed by atoms with E-state index in [2.05, 4.69) is 10.1 Å². The Morgan fingerprint density at radius 1 is 1.41 bits per heavy atom. The van der Waals surface area contributed by atoms with Crippen LogP contribution in [0.5, 0.6) is 0 Å². The fourth-order valence-corrected chi connectivity index (χ4v) is 2.36. The highest BCUT2D eigenvalue weighted by Crippen LogP contribution is 2.28. The van der Waals surface area contributed by atoms with Crippen LogP contribution >= 0.6 is 11.3 Å². The first kappa shape index (κ1) is 17.7. The number of ether oxygens (including phenoxy) is 2. The molecule has 1 aromatic rings. The molecule has 118 valence electrons. The number of methoxy groups -OCH3 is 1. The minimum Gasteiger partial charge on any atom is -0.465 e. The van der Waals surface area contributed by atoms with Crippen molar-refractivity contribution in [2.75, 3.05) is 12.4 Å². The molecule has 0 saturated carbocycles. The summed E-state index contributed by atoms with van der Waals surface area (Å²) in [5, 5.41) is 12.4. The molecule has 0 saturated heterocycles. The maximum Gasteiger partial charge on any atom is 0.350 e. The van der Waals surface area contributed by atoms with Gasteiger partial charge in [-0.2, -0.15) is 5.26 Å². The van der Waals surface area contributed by atoms with Gasteiger partial charge in [-0.15, -0.1) is 11.3 Å². The Hall–Kier alpha value is -2.33. The highest BCUT2D eigenvalue weighted by molar-refractivity contribution is 7.16. The molecule has 0 spiro atoms. The summed E-state index contributed by atoms with van der Waals surface area (Å²) in [4.78, 5) is 24.4. The van der Waals surface area contributed by atoms with Gasteiger partial charge in [0.1, 0.15) is 16.7 Å². The first-order valence-corrected chi connectivity index (χ1v) is 7.28. The molecule has 1 heterocycles. The molecule has 22 heavy (non-hydrogen) atoms. The van der Waals surface area contributed by atoms with Gasteiger partial charge in [0.25, 0.3) is 0 Å². The van der Waals surface area contributed by atoms with E-state index in [-0.39, 0.29) is 5.57 Å². The molecule has 0 aliphatic heterocycles. The lowest BCUT2D eigenvalue weighted by Crippen LogP contribution is -2.24. The molecule has 0 fully saturated rings. The minimum atomic E-state index is -0.726. The fourth-order valence-electron chi connectivity index (χ4n) is 1.49. The molecule has 0 atom stereocenters. The predicted octanol–water partition coefficient (Wildman–Crippen LogP) is 3.00. The van der Waals surface area contributed by atoms with E-state index in [0.29, 0.717) is 10.6 Å². The van der Waals surface area contributed by atoms with Crippen molar-refractivity contribution in [2.24, 2.45) is 0 Å². The van der Waals surface area contributed by atoms with E-state index < -0.39 is 17.5 Å². The van der Waals surface area contributed by atoms with Crippen LogP contribution < -0.4 is 5.32 Å². The maximum absolute atomic E-state index is 11.9. The molecule has 0 unspecified atom stereocenters. The summed E-state index contributed by atoms with van der Waals surface area (Å²) in [7, 11) is 1.29. The number of aryl methyl sites for hydroxylation is 1. The summed E-state index contributed by atoms with van der Waals surface area (Å²) in [6, 6.07) is 3.45. The van der Waals surface area contributed by atoms with Crippen molar-refractivity contribution in [3.63, 3.8) is 0 Å². The van der Waals surface area contributed by atoms with Crippen LogP contribution in [0, 0.1) is 18.3 Å². The number of carbonyl (C=O) groups is 2.